The molecule has 1 spiro atoms. The van der Waals surface area contributed by atoms with E-state index >= 15 is 0 Å². The highest BCUT2D eigenvalue weighted by molar-refractivity contribution is 6.04. The lowest BCUT2D eigenvalue weighted by molar-refractivity contribution is -0.138. The predicted molar refractivity (Wildman–Crippen MR) is 102 cm³/mol. The Morgan fingerprint density at radius 1 is 1.18 bits per heavy atom. The van der Waals surface area contributed by atoms with Crippen molar-refractivity contribution in [3.63, 3.8) is 0 Å². The number of ether oxygens (including phenoxy) is 2. The van der Waals surface area contributed by atoms with Crippen LogP contribution in [0.3, 0.4) is 0 Å². The van der Waals surface area contributed by atoms with Crippen molar-refractivity contribution in [2.75, 3.05) is 13.2 Å². The molecule has 6 heteroatoms. The average Bonchev–Trinajstić information content (AvgIpc) is 3.13. The van der Waals surface area contributed by atoms with Gasteiger partial charge in [-0.2, -0.15) is 0 Å². The van der Waals surface area contributed by atoms with Crippen LogP contribution in [0.1, 0.15) is 28.7 Å². The van der Waals surface area contributed by atoms with Gasteiger partial charge in [-0.1, -0.05) is 30.3 Å². The Morgan fingerprint density at radius 3 is 2.64 bits per heavy atom. The number of fused-ring (bicyclic) bond motifs is 2. The van der Waals surface area contributed by atoms with Crippen LogP contribution in [0.5, 0.6) is 5.75 Å². The van der Waals surface area contributed by atoms with Gasteiger partial charge in [0.05, 0.1) is 6.54 Å². The predicted octanol–water partition coefficient (Wildman–Crippen LogP) is 2.86. The highest BCUT2D eigenvalue weighted by atomic mass is 16.6. The lowest BCUT2D eigenvalue weighted by Crippen LogP contribution is -2.42. The molecule has 0 aromatic heterocycles. The molecule has 0 bridgehead atoms. The van der Waals surface area contributed by atoms with E-state index in [9.17, 15) is 14.7 Å². The number of hydrogen-bond donors (Lipinski definition) is 1. The normalized spacial score (nSPS) is 21.8. The molecule has 0 unspecified atom stereocenters. The summed E-state index contributed by atoms with van der Waals surface area (Å²) in [6.45, 7) is 3.75. The van der Waals surface area contributed by atoms with Crippen LogP contribution in [0.2, 0.25) is 0 Å². The van der Waals surface area contributed by atoms with E-state index in [1.165, 1.54) is 0 Å². The molecular weight excluding hydrogens is 358 g/mol. The fraction of sp³-hybridized carbons (Fsp3) is 0.364. The highest BCUT2D eigenvalue weighted by Gasteiger charge is 2.58. The molecule has 4 rings (SSSR count). The van der Waals surface area contributed by atoms with E-state index in [-0.39, 0.29) is 13.2 Å². The van der Waals surface area contributed by atoms with E-state index in [4.69, 9.17) is 9.47 Å². The van der Waals surface area contributed by atoms with E-state index in [0.717, 1.165) is 27.2 Å². The average molecular weight is 381 g/mol. The number of imide groups is 1. The molecule has 1 aliphatic carbocycles. The molecule has 2 aromatic rings. The number of nitrogens with zero attached hydrogens (tertiary/aromatic N) is 1. The lowest BCUT2D eigenvalue weighted by atomic mass is 9.95. The molecule has 1 saturated heterocycles. The van der Waals surface area contributed by atoms with Crippen LogP contribution < -0.4 is 4.74 Å². The minimum atomic E-state index is -1.25. The second-order valence-corrected chi connectivity index (χ2v) is 7.56. The molecule has 2 amide bonds. The van der Waals surface area contributed by atoms with Crippen molar-refractivity contribution < 1.29 is 24.2 Å². The Balaban J connectivity index is 1.44. The van der Waals surface area contributed by atoms with Crippen LogP contribution >= 0.6 is 0 Å². The van der Waals surface area contributed by atoms with Gasteiger partial charge in [-0.15, -0.1) is 0 Å². The summed E-state index contributed by atoms with van der Waals surface area (Å²) in [7, 11) is 0. The van der Waals surface area contributed by atoms with Gasteiger partial charge >= 0.3 is 6.09 Å². The first-order valence-electron chi connectivity index (χ1n) is 9.41. The Morgan fingerprint density at radius 2 is 1.89 bits per heavy atom. The fourth-order valence-electron chi connectivity index (χ4n) is 4.08. The topological polar surface area (TPSA) is 76.1 Å². The summed E-state index contributed by atoms with van der Waals surface area (Å²) in [6, 6.07) is 13.3. The largest absolute Gasteiger partial charge is 0.491 e. The second kappa shape index (κ2) is 6.95. The summed E-state index contributed by atoms with van der Waals surface area (Å²) in [5.41, 5.74) is 2.64. The first-order chi connectivity index (χ1) is 13.4. The van der Waals surface area contributed by atoms with Crippen molar-refractivity contribution in [2.45, 2.75) is 38.4 Å². The van der Waals surface area contributed by atoms with Crippen molar-refractivity contribution in [1.82, 2.24) is 4.90 Å². The zero-order valence-corrected chi connectivity index (χ0v) is 16.0. The van der Waals surface area contributed by atoms with Crippen LogP contribution in [0, 0.1) is 13.8 Å². The van der Waals surface area contributed by atoms with Crippen LogP contribution in [0.25, 0.3) is 0 Å². The van der Waals surface area contributed by atoms with Crippen molar-refractivity contribution >= 4 is 12.0 Å². The minimum Gasteiger partial charge on any atom is -0.491 e. The van der Waals surface area contributed by atoms with E-state index in [0.29, 0.717) is 18.6 Å². The van der Waals surface area contributed by atoms with Gasteiger partial charge in [0, 0.05) is 12.0 Å². The van der Waals surface area contributed by atoms with Gasteiger partial charge < -0.3 is 14.6 Å². The quantitative estimate of drug-likeness (QED) is 0.862. The molecule has 1 heterocycles. The van der Waals surface area contributed by atoms with Crippen LogP contribution in [0.15, 0.2) is 42.5 Å². The van der Waals surface area contributed by atoms with Gasteiger partial charge in [-0.25, -0.2) is 9.69 Å². The van der Waals surface area contributed by atoms with Gasteiger partial charge in [-0.05, 0) is 49.1 Å². The maximum atomic E-state index is 13.0. The number of carbonyl (C=O) groups is 2. The van der Waals surface area contributed by atoms with E-state index in [1.807, 2.05) is 56.3 Å². The van der Waals surface area contributed by atoms with Gasteiger partial charge in [-0.3, -0.25) is 4.79 Å². The van der Waals surface area contributed by atoms with Crippen LogP contribution in [-0.2, 0) is 21.6 Å². The minimum absolute atomic E-state index is 0.0243. The molecule has 2 atom stereocenters. The lowest BCUT2D eigenvalue weighted by Gasteiger charge is -2.21. The molecule has 1 aliphatic heterocycles. The third-order valence-electron chi connectivity index (χ3n) is 5.30. The Hall–Kier alpha value is -2.86. The molecule has 2 aliphatic rings. The number of rotatable bonds is 5. The van der Waals surface area contributed by atoms with E-state index < -0.39 is 23.7 Å². The molecule has 6 nitrogen and oxygen atoms in total. The molecule has 1 fully saturated rings. The summed E-state index contributed by atoms with van der Waals surface area (Å²) in [6.07, 6.45) is -0.611. The standard InChI is InChI=1S/C22H23NO5/c1-14-9-15(2)11-18(10-14)27-13-17(24)12-23-20(25)22(28-21(23)26)8-7-16-5-3-4-6-19(16)22/h3-6,9-11,17,24H,7-8,12-13H2,1-2H3/t17-,22-/m0/s1. The first kappa shape index (κ1) is 18.5. The number of benzene rings is 2. The number of aliphatic hydroxyl groups excluding tert-OH is 1. The van der Waals surface area contributed by atoms with Gasteiger partial charge in [0.15, 0.2) is 0 Å². The number of carbonyl (C=O) groups excluding carboxylic acids is 2. The third-order valence-corrected chi connectivity index (χ3v) is 5.30. The highest BCUT2D eigenvalue weighted by Crippen LogP contribution is 2.45. The maximum Gasteiger partial charge on any atom is 0.418 e. The summed E-state index contributed by atoms with van der Waals surface area (Å²) in [5.74, 6) is 0.237. The molecule has 1 N–H and O–H groups in total. The molecule has 2 aromatic carbocycles. The molecule has 28 heavy (non-hydrogen) atoms. The first-order valence-corrected chi connectivity index (χ1v) is 9.41. The number of aliphatic hydroxyl groups is 1. The smallest absolute Gasteiger partial charge is 0.418 e. The van der Waals surface area contributed by atoms with Crippen LogP contribution in [0.4, 0.5) is 4.79 Å². The van der Waals surface area contributed by atoms with Gasteiger partial charge in [0.1, 0.15) is 18.5 Å². The third kappa shape index (κ3) is 3.14. The number of aryl methyl sites for hydroxylation is 3. The number of β-amino-alcohol motifs (C(OH)–C–C–N with tert-alkyl or cyclic N) is 1. The monoisotopic (exact) mass is 381 g/mol. The molecule has 0 radical (unpaired) electrons. The number of hydrogen-bond acceptors (Lipinski definition) is 5. The number of amides is 2. The summed E-state index contributed by atoms with van der Waals surface area (Å²) < 4.78 is 11.2. The maximum absolute atomic E-state index is 13.0. The Kier molecular flexibility index (Phi) is 4.59. The van der Waals surface area contributed by atoms with Crippen molar-refractivity contribution in [3.05, 3.63) is 64.7 Å². The van der Waals surface area contributed by atoms with Crippen molar-refractivity contribution in [3.8, 4) is 5.75 Å². The van der Waals surface area contributed by atoms with Crippen LogP contribution in [-0.4, -0.2) is 41.3 Å². The zero-order chi connectivity index (χ0) is 19.9. The van der Waals surface area contributed by atoms with Crippen molar-refractivity contribution in [2.24, 2.45) is 0 Å². The second-order valence-electron chi connectivity index (χ2n) is 7.56. The van der Waals surface area contributed by atoms with E-state index in [2.05, 4.69) is 0 Å². The Bertz CT molecular complexity index is 920. The molecule has 146 valence electrons. The fourth-order valence-corrected chi connectivity index (χ4v) is 4.08. The Labute approximate surface area is 163 Å². The van der Waals surface area contributed by atoms with Gasteiger partial charge in [0.2, 0.25) is 5.60 Å². The molecular formula is C22H23NO5. The van der Waals surface area contributed by atoms with E-state index in [1.54, 1.807) is 0 Å². The summed E-state index contributed by atoms with van der Waals surface area (Å²) in [5, 5.41) is 10.3. The van der Waals surface area contributed by atoms with Crippen molar-refractivity contribution in [1.29, 1.82) is 0 Å². The van der Waals surface area contributed by atoms with Gasteiger partial charge in [0.25, 0.3) is 5.91 Å². The summed E-state index contributed by atoms with van der Waals surface area (Å²) in [4.78, 5) is 26.4. The zero-order valence-electron chi connectivity index (χ0n) is 16.0. The summed E-state index contributed by atoms with van der Waals surface area (Å²) >= 11 is 0. The molecule has 0 saturated carbocycles. The SMILES string of the molecule is Cc1cc(C)cc(OC[C@@H](O)CN2C(=O)O[C@]3(CCc4ccccc43)C2=O)c1.